The normalized spacial score (nSPS) is 43.6. The largest absolute Gasteiger partial charge is 0.461 e. The van der Waals surface area contributed by atoms with Gasteiger partial charge in [-0.15, -0.1) is 0 Å². The highest BCUT2D eigenvalue weighted by atomic mass is 16.5. The van der Waals surface area contributed by atoms with E-state index < -0.39 is 0 Å². The summed E-state index contributed by atoms with van der Waals surface area (Å²) in [7, 11) is 0. The van der Waals surface area contributed by atoms with Crippen molar-refractivity contribution in [1.82, 2.24) is 0 Å². The Kier molecular flexibility index (Phi) is 10.00. The van der Waals surface area contributed by atoms with Gasteiger partial charge in [0.05, 0.1) is 31.8 Å². The number of ether oxygens (including phenoxy) is 4. The lowest BCUT2D eigenvalue weighted by atomic mass is 9.34. The van der Waals surface area contributed by atoms with Crippen molar-refractivity contribution >= 4 is 5.97 Å². The van der Waals surface area contributed by atoms with Crippen LogP contribution in [0.5, 0.6) is 0 Å². The van der Waals surface area contributed by atoms with Gasteiger partial charge < -0.3 is 18.9 Å². The van der Waals surface area contributed by atoms with Crippen LogP contribution < -0.4 is 0 Å². The summed E-state index contributed by atoms with van der Waals surface area (Å²) in [6.45, 7) is 26.4. The number of benzene rings is 1. The zero-order valence-corrected chi connectivity index (χ0v) is 33.7. The van der Waals surface area contributed by atoms with Crippen molar-refractivity contribution in [3.8, 4) is 0 Å². The number of fused-ring (bicyclic) bond motifs is 3. The van der Waals surface area contributed by atoms with E-state index in [9.17, 15) is 4.79 Å². The van der Waals surface area contributed by atoms with Crippen LogP contribution in [0.3, 0.4) is 0 Å². The zero-order valence-electron chi connectivity index (χ0n) is 33.7. The second-order valence-corrected chi connectivity index (χ2v) is 20.0. The van der Waals surface area contributed by atoms with E-state index in [1.807, 2.05) is 18.2 Å². The lowest BCUT2D eigenvalue weighted by molar-refractivity contribution is -0.256. The predicted octanol–water partition coefficient (Wildman–Crippen LogP) is 10.5. The average molecular weight is 703 g/mol. The Morgan fingerprint density at radius 3 is 2.33 bits per heavy atom. The molecule has 2 heterocycles. The SMILES string of the molecule is CCC1(CO[C@H]2[C@H](C)C[C@@]34COC[C@]2(C)[C@@H]3CC[C@H]2C4=CC[C@@]3(C)[C@H](C(=O)OCc4ccccc4)[C@@](C)([C@H](C)C(C)C)CC[C@]23C)CCOCC1. The Hall–Kier alpha value is -1.69. The number of rotatable bonds is 9. The van der Waals surface area contributed by atoms with Gasteiger partial charge in [0.2, 0.25) is 0 Å². The lowest BCUT2D eigenvalue weighted by Crippen LogP contribution is -2.69. The average Bonchev–Trinajstić information content (AvgIpc) is 3.11. The third-order valence-corrected chi connectivity index (χ3v) is 17.5. The van der Waals surface area contributed by atoms with E-state index in [4.69, 9.17) is 18.9 Å². The molecule has 0 radical (unpaired) electrons. The van der Waals surface area contributed by atoms with Crippen molar-refractivity contribution in [2.24, 2.45) is 68.0 Å². The smallest absolute Gasteiger partial charge is 0.310 e. The van der Waals surface area contributed by atoms with Gasteiger partial charge in [-0.3, -0.25) is 4.79 Å². The maximum atomic E-state index is 14.7. The first-order chi connectivity index (χ1) is 24.2. The molecule has 0 amide bonds. The quantitative estimate of drug-likeness (QED) is 0.189. The van der Waals surface area contributed by atoms with E-state index in [0.717, 1.165) is 83.5 Å². The van der Waals surface area contributed by atoms with Gasteiger partial charge in [0.25, 0.3) is 0 Å². The van der Waals surface area contributed by atoms with Gasteiger partial charge >= 0.3 is 5.97 Å². The maximum absolute atomic E-state index is 14.7. The van der Waals surface area contributed by atoms with Gasteiger partial charge in [-0.1, -0.05) is 104 Å². The third kappa shape index (κ3) is 5.74. The molecule has 11 atom stereocenters. The fourth-order valence-corrected chi connectivity index (χ4v) is 13.8. The van der Waals surface area contributed by atoms with E-state index in [-0.39, 0.29) is 50.5 Å². The van der Waals surface area contributed by atoms with Crippen molar-refractivity contribution in [3.63, 3.8) is 0 Å². The zero-order chi connectivity index (χ0) is 36.5. The summed E-state index contributed by atoms with van der Waals surface area (Å²) in [5.74, 6) is 2.23. The van der Waals surface area contributed by atoms with Crippen LogP contribution >= 0.6 is 0 Å². The summed E-state index contributed by atoms with van der Waals surface area (Å²) in [5.41, 5.74) is 2.70. The molecule has 0 unspecified atom stereocenters. The summed E-state index contributed by atoms with van der Waals surface area (Å²) in [6, 6.07) is 10.2. The minimum Gasteiger partial charge on any atom is -0.461 e. The molecule has 0 aromatic heterocycles. The molecule has 2 bridgehead atoms. The van der Waals surface area contributed by atoms with Crippen molar-refractivity contribution in [2.75, 3.05) is 33.0 Å². The molecule has 3 saturated carbocycles. The number of esters is 1. The first-order valence-electron chi connectivity index (χ1n) is 20.9. The Labute approximate surface area is 310 Å². The lowest BCUT2D eigenvalue weighted by Gasteiger charge is -2.71. The van der Waals surface area contributed by atoms with Crippen molar-refractivity contribution in [2.45, 2.75) is 133 Å². The third-order valence-electron chi connectivity index (χ3n) is 17.5. The first-order valence-corrected chi connectivity index (χ1v) is 20.9. The molecule has 2 saturated heterocycles. The molecule has 5 fully saturated rings. The summed E-state index contributed by atoms with van der Waals surface area (Å²) >= 11 is 0. The molecule has 4 aliphatic carbocycles. The van der Waals surface area contributed by atoms with Crippen LogP contribution in [0.1, 0.15) is 126 Å². The summed E-state index contributed by atoms with van der Waals surface area (Å²) in [4.78, 5) is 14.7. The number of carbonyl (C=O) groups is 1. The molecular formula is C46H70O5. The Balaban J connectivity index is 1.21. The van der Waals surface area contributed by atoms with E-state index in [1.165, 1.54) is 12.8 Å². The molecule has 2 aliphatic heterocycles. The van der Waals surface area contributed by atoms with Crippen LogP contribution in [0.15, 0.2) is 42.0 Å². The minimum atomic E-state index is -0.197. The Bertz CT molecular complexity index is 1450. The minimum absolute atomic E-state index is 0.00441. The van der Waals surface area contributed by atoms with Gasteiger partial charge in [-0.05, 0) is 115 Å². The van der Waals surface area contributed by atoms with Crippen LogP contribution in [0.2, 0.25) is 0 Å². The Morgan fingerprint density at radius 1 is 0.922 bits per heavy atom. The predicted molar refractivity (Wildman–Crippen MR) is 204 cm³/mol. The Morgan fingerprint density at radius 2 is 1.65 bits per heavy atom. The van der Waals surface area contributed by atoms with Crippen LogP contribution in [-0.4, -0.2) is 45.1 Å². The molecule has 5 heteroatoms. The number of allylic oxidation sites excluding steroid dienone is 1. The van der Waals surface area contributed by atoms with Crippen molar-refractivity contribution < 1.29 is 23.7 Å². The van der Waals surface area contributed by atoms with Crippen LogP contribution in [0.4, 0.5) is 0 Å². The standard InChI is InChI=1S/C46H70O5/c1-10-45(22-24-48-25-23-45)29-51-39-32(4)26-46-30-49-28-42(39,7)37(46)17-16-35-36(46)18-19-44(9)38(40(47)50-27-34-14-12-11-13-15-34)41(6,33(5)31(2)3)20-21-43(35,44)8/h11-15,18,31-33,35,37-39H,10,16-17,19-30H2,1-9H3/t32-,33-,35+,37+,38-,39+,41-,42-,43-,44+,46+/m1/s1. The van der Waals surface area contributed by atoms with E-state index in [0.29, 0.717) is 36.2 Å². The number of carbonyl (C=O) groups excluding carboxylic acids is 1. The summed E-state index contributed by atoms with van der Waals surface area (Å²) < 4.78 is 26.1. The molecule has 284 valence electrons. The molecule has 7 rings (SSSR count). The van der Waals surface area contributed by atoms with E-state index in [2.05, 4.69) is 80.5 Å². The number of hydrogen-bond donors (Lipinski definition) is 0. The van der Waals surface area contributed by atoms with Gasteiger partial charge in [-0.25, -0.2) is 0 Å². The molecule has 1 aromatic rings. The van der Waals surface area contributed by atoms with Gasteiger partial charge in [0.1, 0.15) is 6.61 Å². The molecule has 1 aromatic carbocycles. The summed E-state index contributed by atoms with van der Waals surface area (Å²) in [6.07, 6.45) is 12.9. The highest BCUT2D eigenvalue weighted by Crippen LogP contribution is 2.75. The number of hydrogen-bond acceptors (Lipinski definition) is 5. The van der Waals surface area contributed by atoms with Crippen LogP contribution in [0.25, 0.3) is 0 Å². The highest BCUT2D eigenvalue weighted by Gasteiger charge is 2.71. The van der Waals surface area contributed by atoms with Crippen LogP contribution in [0, 0.1) is 68.0 Å². The molecule has 0 N–H and O–H groups in total. The second-order valence-electron chi connectivity index (χ2n) is 20.0. The molecular weight excluding hydrogens is 633 g/mol. The highest BCUT2D eigenvalue weighted by molar-refractivity contribution is 5.75. The van der Waals surface area contributed by atoms with Gasteiger partial charge in [-0.2, -0.15) is 0 Å². The molecule has 6 aliphatic rings. The fourth-order valence-electron chi connectivity index (χ4n) is 13.8. The monoisotopic (exact) mass is 703 g/mol. The topological polar surface area (TPSA) is 54.0 Å². The van der Waals surface area contributed by atoms with Gasteiger partial charge in [0, 0.05) is 24.0 Å². The van der Waals surface area contributed by atoms with Gasteiger partial charge in [0.15, 0.2) is 0 Å². The van der Waals surface area contributed by atoms with E-state index >= 15 is 0 Å². The molecule has 51 heavy (non-hydrogen) atoms. The fraction of sp³-hybridized carbons (Fsp3) is 0.804. The summed E-state index contributed by atoms with van der Waals surface area (Å²) in [5, 5.41) is 0. The van der Waals surface area contributed by atoms with Crippen LogP contribution in [-0.2, 0) is 30.3 Å². The maximum Gasteiger partial charge on any atom is 0.310 e. The first kappa shape index (κ1) is 37.6. The second kappa shape index (κ2) is 13.6. The molecule has 0 spiro atoms. The van der Waals surface area contributed by atoms with Crippen molar-refractivity contribution in [1.29, 1.82) is 0 Å². The van der Waals surface area contributed by atoms with E-state index in [1.54, 1.807) is 5.57 Å². The molecule has 5 nitrogen and oxygen atoms in total. The van der Waals surface area contributed by atoms with Crippen molar-refractivity contribution in [3.05, 3.63) is 47.5 Å².